The van der Waals surface area contributed by atoms with Gasteiger partial charge in [0.2, 0.25) is 0 Å². The molecule has 1 aromatic carbocycles. The van der Waals surface area contributed by atoms with E-state index in [0.717, 1.165) is 0 Å². The summed E-state index contributed by atoms with van der Waals surface area (Å²) in [6.07, 6.45) is 0. The number of benzene rings is 1. The highest BCUT2D eigenvalue weighted by Gasteiger charge is 2.13. The summed E-state index contributed by atoms with van der Waals surface area (Å²) in [4.78, 5) is 10.0. The van der Waals surface area contributed by atoms with Crippen LogP contribution in [0.15, 0.2) is 18.2 Å². The van der Waals surface area contributed by atoms with Crippen LogP contribution in [0.5, 0.6) is 5.75 Å². The van der Waals surface area contributed by atoms with Gasteiger partial charge in [-0.05, 0) is 13.0 Å². The topological polar surface area (TPSA) is 90.4 Å². The molecule has 0 spiro atoms. The van der Waals surface area contributed by atoms with Crippen molar-refractivity contribution < 1.29 is 9.66 Å². The van der Waals surface area contributed by atoms with Crippen LogP contribution in [0.3, 0.4) is 0 Å². The first-order valence-corrected chi connectivity index (χ1v) is 4.07. The van der Waals surface area contributed by atoms with E-state index in [1.54, 1.807) is 0 Å². The third-order valence-corrected chi connectivity index (χ3v) is 1.63. The summed E-state index contributed by atoms with van der Waals surface area (Å²) in [5, 5.41) is 10.5. The van der Waals surface area contributed by atoms with E-state index in [-0.39, 0.29) is 11.4 Å². The summed E-state index contributed by atoms with van der Waals surface area (Å²) in [5.41, 5.74) is 2.42. The number of ether oxygens (including phenoxy) is 1. The Kier molecular flexibility index (Phi) is 3.24. The summed E-state index contributed by atoms with van der Waals surface area (Å²) >= 11 is 0. The Balaban J connectivity index is 3.05. The molecule has 0 saturated carbocycles. The third-order valence-electron chi connectivity index (χ3n) is 1.63. The summed E-state index contributed by atoms with van der Waals surface area (Å²) in [6, 6.07) is 4.37. The molecule has 76 valence electrons. The molecule has 0 radical (unpaired) electrons. The van der Waals surface area contributed by atoms with E-state index in [1.165, 1.54) is 18.2 Å². The van der Waals surface area contributed by atoms with E-state index in [4.69, 9.17) is 10.6 Å². The monoisotopic (exact) mass is 197 g/mol. The van der Waals surface area contributed by atoms with E-state index in [0.29, 0.717) is 12.4 Å². The molecule has 0 unspecified atom stereocenters. The number of hydrogen-bond donors (Lipinski definition) is 2. The number of nitrogens with one attached hydrogen (secondary N) is 1. The minimum atomic E-state index is -0.509. The number of nitrogens with zero attached hydrogens (tertiary/aromatic N) is 1. The lowest BCUT2D eigenvalue weighted by Gasteiger charge is -2.05. The van der Waals surface area contributed by atoms with Crippen LogP contribution >= 0.6 is 0 Å². The van der Waals surface area contributed by atoms with Gasteiger partial charge in [-0.2, -0.15) is 0 Å². The lowest BCUT2D eigenvalue weighted by atomic mass is 10.2. The number of rotatable bonds is 4. The Morgan fingerprint density at radius 3 is 2.86 bits per heavy atom. The zero-order chi connectivity index (χ0) is 10.6. The van der Waals surface area contributed by atoms with Gasteiger partial charge in [-0.1, -0.05) is 0 Å². The second-order valence-electron chi connectivity index (χ2n) is 2.51. The van der Waals surface area contributed by atoms with Gasteiger partial charge in [0.25, 0.3) is 5.69 Å². The zero-order valence-corrected chi connectivity index (χ0v) is 7.69. The average molecular weight is 197 g/mol. The fourth-order valence-corrected chi connectivity index (χ4v) is 1.05. The van der Waals surface area contributed by atoms with Gasteiger partial charge in [0.15, 0.2) is 0 Å². The zero-order valence-electron chi connectivity index (χ0n) is 7.69. The standard InChI is InChI=1S/C8H11N3O3/c1-2-14-6-3-4-8(11(12)13)7(5-6)10-9/h3-5,10H,2,9H2,1H3. The summed E-state index contributed by atoms with van der Waals surface area (Å²) in [5.74, 6) is 5.69. The maximum atomic E-state index is 10.5. The van der Waals surface area contributed by atoms with Gasteiger partial charge in [0.1, 0.15) is 11.4 Å². The molecule has 3 N–H and O–H groups in total. The van der Waals surface area contributed by atoms with Crippen molar-refractivity contribution in [1.29, 1.82) is 0 Å². The Bertz CT molecular complexity index is 341. The van der Waals surface area contributed by atoms with Crippen molar-refractivity contribution in [1.82, 2.24) is 0 Å². The van der Waals surface area contributed by atoms with Crippen LogP contribution in [0.2, 0.25) is 0 Å². The normalized spacial score (nSPS) is 9.57. The van der Waals surface area contributed by atoms with Crippen molar-refractivity contribution in [2.75, 3.05) is 12.0 Å². The number of nitro groups is 1. The van der Waals surface area contributed by atoms with Gasteiger partial charge in [0.05, 0.1) is 11.5 Å². The Hall–Kier alpha value is -1.82. The van der Waals surface area contributed by atoms with E-state index in [1.807, 2.05) is 6.92 Å². The average Bonchev–Trinajstić information content (AvgIpc) is 2.17. The fraction of sp³-hybridized carbons (Fsp3) is 0.250. The molecule has 6 nitrogen and oxygen atoms in total. The van der Waals surface area contributed by atoms with Crippen molar-refractivity contribution in [2.24, 2.45) is 5.84 Å². The van der Waals surface area contributed by atoms with Crippen molar-refractivity contribution in [3.8, 4) is 5.75 Å². The third kappa shape index (κ3) is 2.11. The molecule has 1 aromatic rings. The number of hydrazine groups is 1. The van der Waals surface area contributed by atoms with Crippen molar-refractivity contribution in [3.05, 3.63) is 28.3 Å². The molecule has 0 aromatic heterocycles. The second-order valence-corrected chi connectivity index (χ2v) is 2.51. The van der Waals surface area contributed by atoms with E-state index in [2.05, 4.69) is 5.43 Å². The second kappa shape index (κ2) is 4.43. The Morgan fingerprint density at radius 2 is 2.36 bits per heavy atom. The molecule has 0 atom stereocenters. The first kappa shape index (κ1) is 10.3. The largest absolute Gasteiger partial charge is 0.494 e. The molecule has 0 amide bonds. The van der Waals surface area contributed by atoms with E-state index in [9.17, 15) is 10.1 Å². The Morgan fingerprint density at radius 1 is 1.64 bits per heavy atom. The molecule has 0 heterocycles. The molecular weight excluding hydrogens is 186 g/mol. The molecule has 0 fully saturated rings. The maximum Gasteiger partial charge on any atom is 0.293 e. The van der Waals surface area contributed by atoms with Crippen LogP contribution < -0.4 is 16.0 Å². The molecule has 0 aliphatic heterocycles. The van der Waals surface area contributed by atoms with Crippen LogP contribution in [0.1, 0.15) is 6.92 Å². The fourth-order valence-electron chi connectivity index (χ4n) is 1.05. The van der Waals surface area contributed by atoms with E-state index >= 15 is 0 Å². The van der Waals surface area contributed by atoms with Crippen molar-refractivity contribution >= 4 is 11.4 Å². The quantitative estimate of drug-likeness (QED) is 0.431. The molecule has 1 rings (SSSR count). The SMILES string of the molecule is CCOc1ccc([N+](=O)[O-])c(NN)c1. The van der Waals surface area contributed by atoms with Gasteiger partial charge >= 0.3 is 0 Å². The van der Waals surface area contributed by atoms with Crippen LogP contribution in [0.4, 0.5) is 11.4 Å². The predicted molar refractivity (Wildman–Crippen MR) is 52.1 cm³/mol. The summed E-state index contributed by atoms with van der Waals surface area (Å²) in [7, 11) is 0. The molecule has 14 heavy (non-hydrogen) atoms. The predicted octanol–water partition coefficient (Wildman–Crippen LogP) is 1.28. The number of nitrogens with two attached hydrogens (primary N) is 1. The van der Waals surface area contributed by atoms with Gasteiger partial charge in [-0.3, -0.25) is 16.0 Å². The van der Waals surface area contributed by atoms with Gasteiger partial charge in [-0.15, -0.1) is 0 Å². The minimum Gasteiger partial charge on any atom is -0.494 e. The highest BCUT2D eigenvalue weighted by Crippen LogP contribution is 2.27. The highest BCUT2D eigenvalue weighted by molar-refractivity contribution is 5.63. The van der Waals surface area contributed by atoms with Crippen LogP contribution in [0.25, 0.3) is 0 Å². The number of anilines is 1. The maximum absolute atomic E-state index is 10.5. The highest BCUT2D eigenvalue weighted by atomic mass is 16.6. The lowest BCUT2D eigenvalue weighted by Crippen LogP contribution is -2.09. The van der Waals surface area contributed by atoms with Crippen molar-refractivity contribution in [2.45, 2.75) is 6.92 Å². The molecule has 0 bridgehead atoms. The first-order chi connectivity index (χ1) is 6.69. The minimum absolute atomic E-state index is 0.0732. The molecular formula is C8H11N3O3. The summed E-state index contributed by atoms with van der Waals surface area (Å²) in [6.45, 7) is 2.33. The van der Waals surface area contributed by atoms with E-state index < -0.39 is 4.92 Å². The number of nitro benzene ring substituents is 1. The van der Waals surface area contributed by atoms with Crippen LogP contribution in [0, 0.1) is 10.1 Å². The molecule has 0 saturated heterocycles. The number of hydrogen-bond acceptors (Lipinski definition) is 5. The smallest absolute Gasteiger partial charge is 0.293 e. The van der Waals surface area contributed by atoms with Gasteiger partial charge < -0.3 is 10.2 Å². The Labute approximate surface area is 80.8 Å². The van der Waals surface area contributed by atoms with Crippen LogP contribution in [-0.2, 0) is 0 Å². The number of nitrogen functional groups attached to an aromatic ring is 1. The summed E-state index contributed by atoms with van der Waals surface area (Å²) < 4.78 is 5.16. The molecule has 0 aliphatic carbocycles. The van der Waals surface area contributed by atoms with Gasteiger partial charge in [-0.25, -0.2) is 0 Å². The van der Waals surface area contributed by atoms with Crippen LogP contribution in [-0.4, -0.2) is 11.5 Å². The first-order valence-electron chi connectivity index (χ1n) is 4.07. The lowest BCUT2D eigenvalue weighted by molar-refractivity contribution is -0.384. The van der Waals surface area contributed by atoms with Crippen molar-refractivity contribution in [3.63, 3.8) is 0 Å². The molecule has 6 heteroatoms. The molecule has 0 aliphatic rings. The van der Waals surface area contributed by atoms with Gasteiger partial charge in [0, 0.05) is 12.1 Å².